The fourth-order valence-corrected chi connectivity index (χ4v) is 5.81. The summed E-state index contributed by atoms with van der Waals surface area (Å²) in [5, 5.41) is 3.55. The van der Waals surface area contributed by atoms with E-state index in [1.165, 1.54) is 6.08 Å². The van der Waals surface area contributed by atoms with Crippen LogP contribution in [0.4, 0.5) is 17.1 Å². The van der Waals surface area contributed by atoms with Gasteiger partial charge in [-0.2, -0.15) is 0 Å². The molecule has 3 N–H and O–H groups in total. The maximum Gasteiger partial charge on any atom is 0.269 e. The molecule has 10 heteroatoms. The highest BCUT2D eigenvalue weighted by molar-refractivity contribution is 7.97. The molecule has 0 spiro atoms. The molecular formula is C30H31N5O4S. The van der Waals surface area contributed by atoms with Gasteiger partial charge in [-0.3, -0.25) is 14.3 Å². The molecule has 1 saturated heterocycles. The number of hydrogen-bond donors (Lipinski definition) is 3. The van der Waals surface area contributed by atoms with E-state index in [-0.39, 0.29) is 5.91 Å². The van der Waals surface area contributed by atoms with Crippen molar-refractivity contribution in [3.8, 4) is 0 Å². The molecule has 0 unspecified atom stereocenters. The van der Waals surface area contributed by atoms with Crippen molar-refractivity contribution in [2.75, 3.05) is 41.1 Å². The average Bonchev–Trinajstić information content (AvgIpc) is 3.36. The summed E-state index contributed by atoms with van der Waals surface area (Å²) in [6.07, 6.45) is 3.06. The van der Waals surface area contributed by atoms with Gasteiger partial charge in [0.1, 0.15) is 0 Å². The van der Waals surface area contributed by atoms with Gasteiger partial charge in [-0.25, -0.2) is 8.42 Å². The summed E-state index contributed by atoms with van der Waals surface area (Å²) in [5.41, 5.74) is 4.18. The number of carbonyl (C=O) groups is 2. The van der Waals surface area contributed by atoms with Gasteiger partial charge in [-0.15, -0.1) is 0 Å². The molecule has 3 aromatic carbocycles. The van der Waals surface area contributed by atoms with E-state index in [4.69, 9.17) is 0 Å². The van der Waals surface area contributed by atoms with Gasteiger partial charge in [-0.05, 0) is 55.5 Å². The van der Waals surface area contributed by atoms with Gasteiger partial charge in [0.15, 0.2) is 4.91 Å². The van der Waals surface area contributed by atoms with Crippen molar-refractivity contribution < 1.29 is 18.0 Å². The molecule has 1 fully saturated rings. The second-order valence-electron chi connectivity index (χ2n) is 9.76. The lowest BCUT2D eigenvalue weighted by molar-refractivity contribution is -0.129. The second kappa shape index (κ2) is 11.3. The second-order valence-corrected chi connectivity index (χ2v) is 11.4. The minimum Gasteiger partial charge on any atom is -0.368 e. The Bertz CT molecular complexity index is 1670. The van der Waals surface area contributed by atoms with E-state index in [2.05, 4.69) is 19.9 Å². The molecule has 40 heavy (non-hydrogen) atoms. The fourth-order valence-electron chi connectivity index (χ4n) is 4.68. The molecule has 2 amide bonds. The number of amides is 2. The van der Waals surface area contributed by atoms with Crippen LogP contribution >= 0.6 is 0 Å². The van der Waals surface area contributed by atoms with Gasteiger partial charge in [0.25, 0.3) is 15.9 Å². The molecule has 0 radical (unpaired) electrons. The Kier molecular flexibility index (Phi) is 7.61. The number of hydrogen-bond acceptors (Lipinski definition) is 5. The number of nitrogens with one attached hydrogen (secondary N) is 3. The Morgan fingerprint density at radius 2 is 1.52 bits per heavy atom. The smallest absolute Gasteiger partial charge is 0.269 e. The minimum atomic E-state index is -4.25. The number of carbonyl (C=O) groups excluding carboxylic acids is 2. The first kappa shape index (κ1) is 27.0. The number of aromatic nitrogens is 1. The summed E-state index contributed by atoms with van der Waals surface area (Å²) in [7, 11) is -4.25. The molecule has 9 nitrogen and oxygen atoms in total. The molecule has 1 aliphatic heterocycles. The van der Waals surface area contributed by atoms with E-state index >= 15 is 0 Å². The van der Waals surface area contributed by atoms with Crippen LogP contribution in [0.15, 0.2) is 83.9 Å². The third kappa shape index (κ3) is 6.02. The van der Waals surface area contributed by atoms with Crippen LogP contribution in [0.3, 0.4) is 0 Å². The predicted octanol–water partition coefficient (Wildman–Crippen LogP) is 4.57. The van der Waals surface area contributed by atoms with Gasteiger partial charge in [0.05, 0.1) is 0 Å². The topological polar surface area (TPSA) is 115 Å². The van der Waals surface area contributed by atoms with Gasteiger partial charge < -0.3 is 20.1 Å². The van der Waals surface area contributed by atoms with E-state index in [9.17, 15) is 18.0 Å². The first-order valence-corrected chi connectivity index (χ1v) is 14.5. The summed E-state index contributed by atoms with van der Waals surface area (Å²) in [6, 6.07) is 21.6. The molecule has 0 atom stereocenters. The van der Waals surface area contributed by atoms with E-state index in [0.29, 0.717) is 43.1 Å². The Hall–Kier alpha value is -4.57. The SMILES string of the molecule is CC(=O)N1CCN(c2ccc(NC(=O)/C(=C\c3c[nH]c4ccccc34)S(=O)(=O)Nc3ccc(C)cc3)cc2)CC1. The van der Waals surface area contributed by atoms with Crippen molar-refractivity contribution in [3.05, 3.63) is 95.0 Å². The fraction of sp³-hybridized carbons (Fsp3) is 0.200. The Labute approximate surface area is 233 Å². The van der Waals surface area contributed by atoms with Crippen LogP contribution in [0.2, 0.25) is 0 Å². The summed E-state index contributed by atoms with van der Waals surface area (Å²) >= 11 is 0. The lowest BCUT2D eigenvalue weighted by Crippen LogP contribution is -2.48. The van der Waals surface area contributed by atoms with Crippen LogP contribution in [0.25, 0.3) is 17.0 Å². The largest absolute Gasteiger partial charge is 0.368 e. The molecule has 206 valence electrons. The molecule has 0 saturated carbocycles. The van der Waals surface area contributed by atoms with E-state index in [1.54, 1.807) is 49.5 Å². The first-order valence-electron chi connectivity index (χ1n) is 13.0. The number of aryl methyl sites for hydroxylation is 1. The number of anilines is 3. The standard InChI is InChI=1S/C30H31N5O4S/c1-21-7-9-25(10-8-21)33-40(38,39)29(19-23-20-31-28-6-4-3-5-27(23)28)30(37)32-24-11-13-26(14-12-24)35-17-15-34(16-18-35)22(2)36/h3-14,19-20,31,33H,15-18H2,1-2H3,(H,32,37)/b29-19+. The molecule has 0 bridgehead atoms. The predicted molar refractivity (Wildman–Crippen MR) is 160 cm³/mol. The number of rotatable bonds is 7. The van der Waals surface area contributed by atoms with Gasteiger partial charge >= 0.3 is 0 Å². The van der Waals surface area contributed by atoms with Crippen molar-refractivity contribution in [2.24, 2.45) is 0 Å². The summed E-state index contributed by atoms with van der Waals surface area (Å²) in [4.78, 5) is 31.8. The third-order valence-corrected chi connectivity index (χ3v) is 8.33. The number of fused-ring (bicyclic) bond motifs is 1. The Balaban J connectivity index is 1.40. The highest BCUT2D eigenvalue weighted by Crippen LogP contribution is 2.25. The minimum absolute atomic E-state index is 0.0704. The van der Waals surface area contributed by atoms with Gasteiger partial charge in [-0.1, -0.05) is 35.9 Å². The number of piperazine rings is 1. The van der Waals surface area contributed by atoms with Gasteiger partial charge in [0, 0.05) is 72.8 Å². The third-order valence-electron chi connectivity index (χ3n) is 6.94. The lowest BCUT2D eigenvalue weighted by Gasteiger charge is -2.35. The number of sulfonamides is 1. The van der Waals surface area contributed by atoms with E-state index < -0.39 is 20.8 Å². The average molecular weight is 558 g/mol. The molecule has 4 aromatic rings. The summed E-state index contributed by atoms with van der Waals surface area (Å²) in [6.45, 7) is 6.22. The van der Waals surface area contributed by atoms with Crippen LogP contribution in [0.5, 0.6) is 0 Å². The summed E-state index contributed by atoms with van der Waals surface area (Å²) in [5.74, 6) is -0.686. The van der Waals surface area contributed by atoms with Crippen LogP contribution in [-0.2, 0) is 19.6 Å². The number of nitrogens with zero attached hydrogens (tertiary/aromatic N) is 2. The maximum atomic E-state index is 13.5. The molecule has 5 rings (SSSR count). The Morgan fingerprint density at radius 1 is 0.875 bits per heavy atom. The first-order chi connectivity index (χ1) is 19.2. The zero-order valence-corrected chi connectivity index (χ0v) is 23.2. The molecule has 1 aliphatic rings. The van der Waals surface area contributed by atoms with Crippen LogP contribution in [0.1, 0.15) is 18.1 Å². The van der Waals surface area contributed by atoms with Crippen molar-refractivity contribution in [1.29, 1.82) is 0 Å². The normalized spacial score (nSPS) is 14.3. The Morgan fingerprint density at radius 3 is 2.20 bits per heavy atom. The lowest BCUT2D eigenvalue weighted by atomic mass is 10.1. The summed E-state index contributed by atoms with van der Waals surface area (Å²) < 4.78 is 29.6. The van der Waals surface area contributed by atoms with Crippen molar-refractivity contribution in [3.63, 3.8) is 0 Å². The molecular weight excluding hydrogens is 526 g/mol. The maximum absolute atomic E-state index is 13.5. The van der Waals surface area contributed by atoms with E-state index in [1.807, 2.05) is 48.2 Å². The van der Waals surface area contributed by atoms with Crippen molar-refractivity contribution >= 4 is 55.9 Å². The monoisotopic (exact) mass is 557 g/mol. The van der Waals surface area contributed by atoms with E-state index in [0.717, 1.165) is 22.2 Å². The van der Waals surface area contributed by atoms with Gasteiger partial charge in [0.2, 0.25) is 5.91 Å². The number of H-pyrrole nitrogens is 1. The zero-order chi connectivity index (χ0) is 28.3. The quantitative estimate of drug-likeness (QED) is 0.288. The van der Waals surface area contributed by atoms with Crippen molar-refractivity contribution in [1.82, 2.24) is 9.88 Å². The number of aromatic amines is 1. The zero-order valence-electron chi connectivity index (χ0n) is 22.3. The van der Waals surface area contributed by atoms with Crippen LogP contribution in [-0.4, -0.2) is 56.3 Å². The highest BCUT2D eigenvalue weighted by atomic mass is 32.2. The highest BCUT2D eigenvalue weighted by Gasteiger charge is 2.26. The number of para-hydroxylation sites is 1. The van der Waals surface area contributed by atoms with Crippen LogP contribution < -0.4 is 14.9 Å². The number of benzene rings is 3. The van der Waals surface area contributed by atoms with Crippen molar-refractivity contribution in [2.45, 2.75) is 13.8 Å². The molecule has 2 heterocycles. The molecule has 1 aromatic heterocycles. The van der Waals surface area contributed by atoms with Crippen LogP contribution in [0, 0.1) is 6.92 Å². The molecule has 0 aliphatic carbocycles.